The summed E-state index contributed by atoms with van der Waals surface area (Å²) in [4.78, 5) is 17.1. The summed E-state index contributed by atoms with van der Waals surface area (Å²) in [5.41, 5.74) is 4.19. The van der Waals surface area contributed by atoms with Crippen LogP contribution in [0.25, 0.3) is 0 Å². The zero-order valence-electron chi connectivity index (χ0n) is 11.3. The summed E-state index contributed by atoms with van der Waals surface area (Å²) < 4.78 is 0. The molecule has 0 aliphatic rings. The van der Waals surface area contributed by atoms with Gasteiger partial charge in [0.15, 0.2) is 0 Å². The quantitative estimate of drug-likeness (QED) is 0.725. The van der Waals surface area contributed by atoms with E-state index in [-0.39, 0.29) is 5.91 Å². The maximum Gasteiger partial charge on any atom is 0.275 e. The van der Waals surface area contributed by atoms with Crippen molar-refractivity contribution in [3.63, 3.8) is 0 Å². The standard InChI is InChI=1S/C14H22N2O2/c1-11(2)10-18-16-14(17)13-7-5-4-6-12(13)8-9-15-3/h4-7,11,15H,8-10H2,1-3H3,(H,16,17). The number of benzene rings is 1. The van der Waals surface area contributed by atoms with E-state index in [1.54, 1.807) is 0 Å². The number of likely N-dealkylation sites (N-methyl/N-ethyl adjacent to an activating group) is 1. The van der Waals surface area contributed by atoms with Crippen LogP contribution in [0.1, 0.15) is 29.8 Å². The van der Waals surface area contributed by atoms with Crippen molar-refractivity contribution < 1.29 is 9.63 Å². The molecule has 1 aromatic carbocycles. The van der Waals surface area contributed by atoms with Crippen LogP contribution in [0.15, 0.2) is 24.3 Å². The minimum Gasteiger partial charge on any atom is -0.319 e. The largest absolute Gasteiger partial charge is 0.319 e. The van der Waals surface area contributed by atoms with Crippen LogP contribution in [0.2, 0.25) is 0 Å². The van der Waals surface area contributed by atoms with Gasteiger partial charge >= 0.3 is 0 Å². The highest BCUT2D eigenvalue weighted by molar-refractivity contribution is 5.94. The number of carbonyl (C=O) groups is 1. The second-order valence-electron chi connectivity index (χ2n) is 4.65. The minimum atomic E-state index is -0.178. The van der Waals surface area contributed by atoms with Crippen LogP contribution in [0.4, 0.5) is 0 Å². The molecule has 0 fully saturated rings. The number of amides is 1. The number of hydrogen-bond acceptors (Lipinski definition) is 3. The predicted molar refractivity (Wildman–Crippen MR) is 72.3 cm³/mol. The molecule has 0 radical (unpaired) electrons. The predicted octanol–water partition coefficient (Wildman–Crippen LogP) is 1.77. The Balaban J connectivity index is 2.60. The average molecular weight is 250 g/mol. The fourth-order valence-corrected chi connectivity index (χ4v) is 1.55. The topological polar surface area (TPSA) is 50.4 Å². The molecule has 0 aliphatic carbocycles. The van der Waals surface area contributed by atoms with Crippen molar-refractivity contribution in [1.29, 1.82) is 0 Å². The third-order valence-electron chi connectivity index (χ3n) is 2.49. The lowest BCUT2D eigenvalue weighted by atomic mass is 10.0. The first kappa shape index (κ1) is 14.7. The first-order chi connectivity index (χ1) is 8.65. The molecule has 100 valence electrons. The lowest BCUT2D eigenvalue weighted by Crippen LogP contribution is -2.27. The molecule has 0 spiro atoms. The molecule has 18 heavy (non-hydrogen) atoms. The molecule has 4 heteroatoms. The highest BCUT2D eigenvalue weighted by atomic mass is 16.6. The first-order valence-corrected chi connectivity index (χ1v) is 6.29. The lowest BCUT2D eigenvalue weighted by Gasteiger charge is -2.11. The van der Waals surface area contributed by atoms with Crippen molar-refractivity contribution in [2.75, 3.05) is 20.2 Å². The fourth-order valence-electron chi connectivity index (χ4n) is 1.55. The SMILES string of the molecule is CNCCc1ccccc1C(=O)NOCC(C)C. The van der Waals surface area contributed by atoms with Crippen molar-refractivity contribution in [3.05, 3.63) is 35.4 Å². The van der Waals surface area contributed by atoms with Gasteiger partial charge in [-0.05, 0) is 37.6 Å². The van der Waals surface area contributed by atoms with Crippen LogP contribution in [-0.2, 0) is 11.3 Å². The van der Waals surface area contributed by atoms with Crippen LogP contribution in [-0.4, -0.2) is 26.1 Å². The van der Waals surface area contributed by atoms with Crippen molar-refractivity contribution >= 4 is 5.91 Å². The number of rotatable bonds is 7. The summed E-state index contributed by atoms with van der Waals surface area (Å²) in [6.07, 6.45) is 0.824. The number of nitrogens with one attached hydrogen (secondary N) is 2. The van der Waals surface area contributed by atoms with Crippen molar-refractivity contribution in [2.45, 2.75) is 20.3 Å². The van der Waals surface area contributed by atoms with Gasteiger partial charge in [-0.2, -0.15) is 0 Å². The van der Waals surface area contributed by atoms with Gasteiger partial charge in [-0.1, -0.05) is 32.0 Å². The molecule has 0 aromatic heterocycles. The van der Waals surface area contributed by atoms with E-state index in [1.807, 2.05) is 45.2 Å². The molecule has 0 bridgehead atoms. The summed E-state index contributed by atoms with van der Waals surface area (Å²) in [5, 5.41) is 3.08. The average Bonchev–Trinajstić information content (AvgIpc) is 2.36. The Hall–Kier alpha value is -1.39. The maximum atomic E-state index is 12.0. The molecule has 0 saturated carbocycles. The van der Waals surface area contributed by atoms with E-state index in [4.69, 9.17) is 4.84 Å². The van der Waals surface area contributed by atoms with Crippen molar-refractivity contribution in [2.24, 2.45) is 5.92 Å². The summed E-state index contributed by atoms with van der Waals surface area (Å²) in [7, 11) is 1.90. The summed E-state index contributed by atoms with van der Waals surface area (Å²) >= 11 is 0. The van der Waals surface area contributed by atoms with Gasteiger partial charge < -0.3 is 5.32 Å². The van der Waals surface area contributed by atoms with E-state index in [9.17, 15) is 4.79 Å². The van der Waals surface area contributed by atoms with Crippen molar-refractivity contribution in [1.82, 2.24) is 10.8 Å². The van der Waals surface area contributed by atoms with Gasteiger partial charge in [-0.25, -0.2) is 5.48 Å². The van der Waals surface area contributed by atoms with E-state index in [2.05, 4.69) is 10.8 Å². The number of hydrogen-bond donors (Lipinski definition) is 2. The second-order valence-corrected chi connectivity index (χ2v) is 4.65. The summed E-state index contributed by atoms with van der Waals surface area (Å²) in [6.45, 7) is 5.43. The Kier molecular flexibility index (Phi) is 6.39. The number of carbonyl (C=O) groups excluding carboxylic acids is 1. The van der Waals surface area contributed by atoms with Gasteiger partial charge in [0.2, 0.25) is 0 Å². The Bertz CT molecular complexity index is 378. The van der Waals surface area contributed by atoms with Crippen molar-refractivity contribution in [3.8, 4) is 0 Å². The van der Waals surface area contributed by atoms with E-state index < -0.39 is 0 Å². The molecule has 1 aromatic rings. The molecule has 2 N–H and O–H groups in total. The van der Waals surface area contributed by atoms with Gasteiger partial charge in [0, 0.05) is 5.56 Å². The highest BCUT2D eigenvalue weighted by Crippen LogP contribution is 2.09. The van der Waals surface area contributed by atoms with Crippen LogP contribution >= 0.6 is 0 Å². The molecule has 1 amide bonds. The Morgan fingerprint density at radius 2 is 2.06 bits per heavy atom. The highest BCUT2D eigenvalue weighted by Gasteiger charge is 2.10. The van der Waals surface area contributed by atoms with E-state index in [0.717, 1.165) is 18.5 Å². The van der Waals surface area contributed by atoms with E-state index in [1.165, 1.54) is 0 Å². The zero-order valence-corrected chi connectivity index (χ0v) is 11.3. The molecule has 0 atom stereocenters. The fraction of sp³-hybridized carbons (Fsp3) is 0.500. The van der Waals surface area contributed by atoms with Gasteiger partial charge in [-0.3, -0.25) is 9.63 Å². The summed E-state index contributed by atoms with van der Waals surface area (Å²) in [5.74, 6) is 0.215. The number of hydroxylamine groups is 1. The van der Waals surface area contributed by atoms with Gasteiger partial charge in [0.1, 0.15) is 0 Å². The smallest absolute Gasteiger partial charge is 0.275 e. The Labute approximate surface area is 109 Å². The Morgan fingerprint density at radius 1 is 1.33 bits per heavy atom. The van der Waals surface area contributed by atoms with Crippen LogP contribution < -0.4 is 10.8 Å². The molecule has 1 rings (SSSR count). The molecule has 0 heterocycles. The van der Waals surface area contributed by atoms with Crippen LogP contribution in [0.3, 0.4) is 0 Å². The first-order valence-electron chi connectivity index (χ1n) is 6.29. The molecule has 0 unspecified atom stereocenters. The molecular weight excluding hydrogens is 228 g/mol. The Morgan fingerprint density at radius 3 is 2.72 bits per heavy atom. The van der Waals surface area contributed by atoms with E-state index >= 15 is 0 Å². The second kappa shape index (κ2) is 7.84. The van der Waals surface area contributed by atoms with Gasteiger partial charge in [0.05, 0.1) is 6.61 Å². The normalized spacial score (nSPS) is 10.7. The lowest BCUT2D eigenvalue weighted by molar-refractivity contribution is 0.0208. The van der Waals surface area contributed by atoms with E-state index in [0.29, 0.717) is 18.1 Å². The minimum absolute atomic E-state index is 0.178. The third-order valence-corrected chi connectivity index (χ3v) is 2.49. The van der Waals surface area contributed by atoms with Gasteiger partial charge in [-0.15, -0.1) is 0 Å². The third kappa shape index (κ3) is 4.85. The van der Waals surface area contributed by atoms with Gasteiger partial charge in [0.25, 0.3) is 5.91 Å². The monoisotopic (exact) mass is 250 g/mol. The zero-order chi connectivity index (χ0) is 13.4. The summed E-state index contributed by atoms with van der Waals surface area (Å²) in [6, 6.07) is 7.59. The molecule has 0 aliphatic heterocycles. The molecule has 4 nitrogen and oxygen atoms in total. The molecular formula is C14H22N2O2. The maximum absolute atomic E-state index is 12.0. The molecule has 0 saturated heterocycles. The van der Waals surface area contributed by atoms with Crippen LogP contribution in [0.5, 0.6) is 0 Å². The van der Waals surface area contributed by atoms with Crippen LogP contribution in [0, 0.1) is 5.92 Å².